The number of halogens is 1. The molecule has 6 heteroatoms. The Morgan fingerprint density at radius 3 is 2.94 bits per heavy atom. The molecule has 0 heterocycles. The van der Waals surface area contributed by atoms with Crippen molar-refractivity contribution in [3.8, 4) is 0 Å². The summed E-state index contributed by atoms with van der Waals surface area (Å²) in [5.41, 5.74) is 6.23. The van der Waals surface area contributed by atoms with Gasteiger partial charge in [-0.3, -0.25) is 4.79 Å². The monoisotopic (exact) mass is 261 g/mol. The van der Waals surface area contributed by atoms with Crippen molar-refractivity contribution in [2.24, 2.45) is 0 Å². The van der Waals surface area contributed by atoms with E-state index < -0.39 is 11.2 Å². The number of carboxylic acid groups (broad SMARTS) is 1. The number of aliphatic carboxylic acids is 1. The molecule has 0 spiro atoms. The van der Waals surface area contributed by atoms with Crippen LogP contribution in [0.5, 0.6) is 0 Å². The van der Waals surface area contributed by atoms with Crippen LogP contribution >= 0.6 is 23.4 Å². The number of carbonyl (C=O) groups is 1. The van der Waals surface area contributed by atoms with Crippen LogP contribution in [0.25, 0.3) is 0 Å². The van der Waals surface area contributed by atoms with E-state index in [1.165, 1.54) is 7.11 Å². The predicted octanol–water partition coefficient (Wildman–Crippen LogP) is 2.11. The van der Waals surface area contributed by atoms with E-state index in [9.17, 15) is 4.79 Å². The van der Waals surface area contributed by atoms with Crippen LogP contribution in [-0.4, -0.2) is 30.0 Å². The van der Waals surface area contributed by atoms with Gasteiger partial charge in [0.05, 0.1) is 6.61 Å². The molecule has 1 atom stereocenters. The topological polar surface area (TPSA) is 72.5 Å². The van der Waals surface area contributed by atoms with Gasteiger partial charge in [0.1, 0.15) is 5.25 Å². The maximum Gasteiger partial charge on any atom is 0.319 e. The molecule has 0 saturated carbocycles. The van der Waals surface area contributed by atoms with Gasteiger partial charge >= 0.3 is 5.97 Å². The smallest absolute Gasteiger partial charge is 0.319 e. The summed E-state index contributed by atoms with van der Waals surface area (Å²) < 4.78 is 4.83. The first-order chi connectivity index (χ1) is 7.54. The van der Waals surface area contributed by atoms with Crippen LogP contribution < -0.4 is 5.73 Å². The van der Waals surface area contributed by atoms with Gasteiger partial charge in [-0.1, -0.05) is 11.6 Å². The number of anilines is 1. The van der Waals surface area contributed by atoms with E-state index in [1.54, 1.807) is 18.2 Å². The molecular weight excluding hydrogens is 250 g/mol. The molecule has 1 aromatic carbocycles. The van der Waals surface area contributed by atoms with E-state index in [0.717, 1.165) is 11.8 Å². The van der Waals surface area contributed by atoms with Crippen molar-refractivity contribution in [2.75, 3.05) is 19.5 Å². The standard InChI is InChI=1S/C10H12ClNO3S/c1-15-5-9(10(13)14)16-8-4-6(11)2-3-7(8)12/h2-4,9H,5,12H2,1H3,(H,13,14). The van der Waals surface area contributed by atoms with Crippen molar-refractivity contribution in [1.82, 2.24) is 0 Å². The molecule has 0 aliphatic carbocycles. The van der Waals surface area contributed by atoms with Gasteiger partial charge in [0.2, 0.25) is 0 Å². The van der Waals surface area contributed by atoms with Gasteiger partial charge in [-0.2, -0.15) is 0 Å². The third-order valence-electron chi connectivity index (χ3n) is 1.84. The van der Waals surface area contributed by atoms with Crippen molar-refractivity contribution < 1.29 is 14.6 Å². The molecule has 1 unspecified atom stereocenters. The van der Waals surface area contributed by atoms with E-state index in [0.29, 0.717) is 15.6 Å². The number of thioether (sulfide) groups is 1. The van der Waals surface area contributed by atoms with Crippen molar-refractivity contribution in [1.29, 1.82) is 0 Å². The molecular formula is C10H12ClNO3S. The van der Waals surface area contributed by atoms with Gasteiger partial charge < -0.3 is 15.6 Å². The summed E-state index contributed by atoms with van der Waals surface area (Å²) in [6, 6.07) is 4.95. The number of benzene rings is 1. The molecule has 0 radical (unpaired) electrons. The highest BCUT2D eigenvalue weighted by Crippen LogP contribution is 2.31. The van der Waals surface area contributed by atoms with Crippen LogP contribution in [0.3, 0.4) is 0 Å². The summed E-state index contributed by atoms with van der Waals surface area (Å²) in [5.74, 6) is -0.939. The molecule has 4 nitrogen and oxygen atoms in total. The van der Waals surface area contributed by atoms with Crippen LogP contribution in [0.2, 0.25) is 5.02 Å². The number of hydrogen-bond acceptors (Lipinski definition) is 4. The van der Waals surface area contributed by atoms with Crippen molar-refractivity contribution >= 4 is 35.0 Å². The van der Waals surface area contributed by atoms with E-state index in [2.05, 4.69) is 0 Å². The van der Waals surface area contributed by atoms with E-state index >= 15 is 0 Å². The zero-order valence-corrected chi connectivity index (χ0v) is 10.2. The first kappa shape index (κ1) is 13.2. The SMILES string of the molecule is COCC(Sc1cc(Cl)ccc1N)C(=O)O. The summed E-state index contributed by atoms with van der Waals surface area (Å²) in [6.45, 7) is 0.117. The Bertz CT molecular complexity index is 386. The summed E-state index contributed by atoms with van der Waals surface area (Å²) >= 11 is 6.94. The largest absolute Gasteiger partial charge is 0.480 e. The Hall–Kier alpha value is -0.910. The van der Waals surface area contributed by atoms with Crippen molar-refractivity contribution in [3.05, 3.63) is 23.2 Å². The second-order valence-electron chi connectivity index (χ2n) is 3.08. The quantitative estimate of drug-likeness (QED) is 0.627. The van der Waals surface area contributed by atoms with Gasteiger partial charge in [-0.15, -0.1) is 11.8 Å². The molecule has 0 amide bonds. The first-order valence-corrected chi connectivity index (χ1v) is 5.73. The van der Waals surface area contributed by atoms with Crippen LogP contribution in [0.4, 0.5) is 5.69 Å². The Labute approximate surface area is 103 Å². The molecule has 0 aliphatic heterocycles. The fourth-order valence-electron chi connectivity index (χ4n) is 1.07. The van der Waals surface area contributed by atoms with Crippen molar-refractivity contribution in [2.45, 2.75) is 10.1 Å². The second-order valence-corrected chi connectivity index (χ2v) is 4.76. The fraction of sp³-hybridized carbons (Fsp3) is 0.300. The Balaban J connectivity index is 2.84. The van der Waals surface area contributed by atoms with Gasteiger partial charge in [0, 0.05) is 22.7 Å². The van der Waals surface area contributed by atoms with Gasteiger partial charge in [-0.05, 0) is 18.2 Å². The second kappa shape index (κ2) is 5.98. The average molecular weight is 262 g/mol. The lowest BCUT2D eigenvalue weighted by atomic mass is 10.3. The number of hydrogen-bond donors (Lipinski definition) is 2. The molecule has 0 fully saturated rings. The summed E-state index contributed by atoms with van der Waals surface area (Å²) in [5, 5.41) is 8.79. The Morgan fingerprint density at radius 1 is 1.69 bits per heavy atom. The summed E-state index contributed by atoms with van der Waals surface area (Å²) in [6.07, 6.45) is 0. The maximum absolute atomic E-state index is 10.9. The molecule has 1 aromatic rings. The Morgan fingerprint density at radius 2 is 2.38 bits per heavy atom. The zero-order valence-electron chi connectivity index (χ0n) is 8.64. The van der Waals surface area contributed by atoms with Gasteiger partial charge in [-0.25, -0.2) is 0 Å². The van der Waals surface area contributed by atoms with Crippen LogP contribution in [0.15, 0.2) is 23.1 Å². The third kappa shape index (κ3) is 3.59. The minimum atomic E-state index is -0.939. The normalized spacial score (nSPS) is 12.4. The molecule has 0 aromatic heterocycles. The Kier molecular flexibility index (Phi) is 4.92. The summed E-state index contributed by atoms with van der Waals surface area (Å²) in [4.78, 5) is 11.6. The van der Waals surface area contributed by atoms with Crippen LogP contribution in [0, 0.1) is 0 Å². The lowest BCUT2D eigenvalue weighted by Gasteiger charge is -2.12. The zero-order chi connectivity index (χ0) is 12.1. The van der Waals surface area contributed by atoms with Gasteiger partial charge in [0.15, 0.2) is 0 Å². The molecule has 3 N–H and O–H groups in total. The number of nitrogen functional groups attached to an aromatic ring is 1. The molecule has 0 aliphatic rings. The lowest BCUT2D eigenvalue weighted by Crippen LogP contribution is -2.21. The number of ether oxygens (including phenoxy) is 1. The highest BCUT2D eigenvalue weighted by Gasteiger charge is 2.19. The minimum Gasteiger partial charge on any atom is -0.480 e. The predicted molar refractivity (Wildman–Crippen MR) is 65.0 cm³/mol. The fourth-order valence-corrected chi connectivity index (χ4v) is 2.32. The molecule has 0 saturated heterocycles. The lowest BCUT2D eigenvalue weighted by molar-refractivity contribution is -0.137. The number of rotatable bonds is 5. The highest BCUT2D eigenvalue weighted by molar-refractivity contribution is 8.00. The highest BCUT2D eigenvalue weighted by atomic mass is 35.5. The van der Waals surface area contributed by atoms with Crippen LogP contribution in [0.1, 0.15) is 0 Å². The third-order valence-corrected chi connectivity index (χ3v) is 3.30. The van der Waals surface area contributed by atoms with E-state index in [-0.39, 0.29) is 6.61 Å². The van der Waals surface area contributed by atoms with Gasteiger partial charge in [0.25, 0.3) is 0 Å². The van der Waals surface area contributed by atoms with E-state index in [4.69, 9.17) is 27.2 Å². The molecule has 1 rings (SSSR count). The summed E-state index contributed by atoms with van der Waals surface area (Å²) in [7, 11) is 1.46. The molecule has 0 bridgehead atoms. The molecule has 16 heavy (non-hydrogen) atoms. The van der Waals surface area contributed by atoms with Crippen LogP contribution in [-0.2, 0) is 9.53 Å². The number of carboxylic acids is 1. The number of nitrogens with two attached hydrogens (primary N) is 1. The van der Waals surface area contributed by atoms with Crippen molar-refractivity contribution in [3.63, 3.8) is 0 Å². The van der Waals surface area contributed by atoms with E-state index in [1.807, 2.05) is 0 Å². The average Bonchev–Trinajstić information content (AvgIpc) is 2.22. The number of methoxy groups -OCH3 is 1. The maximum atomic E-state index is 10.9. The first-order valence-electron chi connectivity index (χ1n) is 4.48. The molecule has 88 valence electrons. The minimum absolute atomic E-state index is 0.117.